The Bertz CT molecular complexity index is 569. The number of nitrogens with zero attached hydrogens (tertiary/aromatic N) is 1. The van der Waals surface area contributed by atoms with Gasteiger partial charge in [-0.1, -0.05) is 36.0 Å². The van der Waals surface area contributed by atoms with Gasteiger partial charge in [-0.25, -0.2) is 0 Å². The third-order valence-electron chi connectivity index (χ3n) is 2.81. The fraction of sp³-hybridized carbons (Fsp3) is 0.0714. The number of carbonyl (C=O) groups is 1. The molecule has 2 aromatic rings. The van der Waals surface area contributed by atoms with E-state index in [1.54, 1.807) is 11.8 Å². The van der Waals surface area contributed by atoms with E-state index in [1.807, 2.05) is 41.3 Å². The highest BCUT2D eigenvalue weighted by atomic mass is 35.5. The highest BCUT2D eigenvalue weighted by molar-refractivity contribution is 7.99. The van der Waals surface area contributed by atoms with Gasteiger partial charge in [-0.15, -0.1) is 0 Å². The summed E-state index contributed by atoms with van der Waals surface area (Å²) in [5.41, 5.74) is 2.07. The average molecular weight is 276 g/mol. The van der Waals surface area contributed by atoms with Crippen LogP contribution in [0.3, 0.4) is 0 Å². The first kappa shape index (κ1) is 11.6. The summed E-state index contributed by atoms with van der Waals surface area (Å²) < 4.78 is 0. The van der Waals surface area contributed by atoms with Gasteiger partial charge in [0.1, 0.15) is 0 Å². The Morgan fingerprint density at radius 1 is 1.00 bits per heavy atom. The molecule has 1 aliphatic rings. The van der Waals surface area contributed by atoms with Crippen molar-refractivity contribution in [2.24, 2.45) is 0 Å². The van der Waals surface area contributed by atoms with Crippen LogP contribution in [0.5, 0.6) is 0 Å². The van der Waals surface area contributed by atoms with Crippen LogP contribution in [0.4, 0.5) is 11.4 Å². The Morgan fingerprint density at radius 3 is 2.00 bits per heavy atom. The molecule has 1 heterocycles. The lowest BCUT2D eigenvalue weighted by molar-refractivity contribution is -0.110. The smallest absolute Gasteiger partial charge is 0.241 e. The number of carbonyl (C=O) groups excluding carboxylic acids is 1. The molecule has 0 unspecified atom stereocenters. The van der Waals surface area contributed by atoms with Crippen molar-refractivity contribution in [2.75, 3.05) is 11.4 Å². The topological polar surface area (TPSA) is 20.3 Å². The van der Waals surface area contributed by atoms with E-state index in [0.29, 0.717) is 0 Å². The quantitative estimate of drug-likeness (QED) is 0.771. The van der Waals surface area contributed by atoms with E-state index < -0.39 is 0 Å². The fourth-order valence-electron chi connectivity index (χ4n) is 2.08. The molecule has 0 aliphatic carbocycles. The van der Waals surface area contributed by atoms with Gasteiger partial charge in [-0.2, -0.15) is 0 Å². The monoisotopic (exact) mass is 275 g/mol. The number of halogens is 1. The molecule has 0 atom stereocenters. The highest BCUT2D eigenvalue weighted by Gasteiger charge is 2.23. The summed E-state index contributed by atoms with van der Waals surface area (Å²) in [5, 5.41) is -0.355. The lowest BCUT2D eigenvalue weighted by atomic mass is 10.2. The summed E-state index contributed by atoms with van der Waals surface area (Å²) in [5.74, 6) is 0. The Kier molecular flexibility index (Phi) is 3.02. The van der Waals surface area contributed by atoms with Gasteiger partial charge in [-0.05, 0) is 35.9 Å². The number of anilines is 2. The van der Waals surface area contributed by atoms with Crippen LogP contribution in [0.1, 0.15) is 0 Å². The number of rotatable bonds is 2. The summed E-state index contributed by atoms with van der Waals surface area (Å²) in [6.45, 7) is 0.191. The number of fused-ring (bicyclic) bond motifs is 2. The van der Waals surface area contributed by atoms with E-state index >= 15 is 0 Å². The molecule has 0 aromatic heterocycles. The molecular weight excluding hydrogens is 266 g/mol. The molecule has 0 fully saturated rings. The molecule has 1 aliphatic heterocycles. The van der Waals surface area contributed by atoms with Gasteiger partial charge in [0.2, 0.25) is 5.24 Å². The van der Waals surface area contributed by atoms with E-state index in [0.717, 1.165) is 21.2 Å². The molecule has 0 N–H and O–H groups in total. The maximum absolute atomic E-state index is 11.2. The minimum Gasteiger partial charge on any atom is -0.331 e. The van der Waals surface area contributed by atoms with Crippen LogP contribution in [0, 0.1) is 0 Å². The minimum absolute atomic E-state index is 0.191. The van der Waals surface area contributed by atoms with Gasteiger partial charge in [-0.3, -0.25) is 4.79 Å². The van der Waals surface area contributed by atoms with Gasteiger partial charge in [0.05, 0.1) is 17.9 Å². The summed E-state index contributed by atoms with van der Waals surface area (Å²) in [6, 6.07) is 16.1. The maximum Gasteiger partial charge on any atom is 0.241 e. The molecule has 0 spiro atoms. The molecule has 2 nitrogen and oxygen atoms in total. The second-order valence-electron chi connectivity index (χ2n) is 3.98. The zero-order valence-electron chi connectivity index (χ0n) is 9.47. The largest absolute Gasteiger partial charge is 0.331 e. The number of hydrogen-bond donors (Lipinski definition) is 0. The van der Waals surface area contributed by atoms with E-state index in [1.165, 1.54) is 0 Å². The van der Waals surface area contributed by atoms with E-state index in [4.69, 9.17) is 11.6 Å². The van der Waals surface area contributed by atoms with Crippen molar-refractivity contribution in [1.82, 2.24) is 0 Å². The first-order valence-electron chi connectivity index (χ1n) is 5.57. The van der Waals surface area contributed by atoms with Gasteiger partial charge in [0, 0.05) is 9.79 Å². The predicted octanol–water partition coefficient (Wildman–Crippen LogP) is 4.05. The Hall–Kier alpha value is -1.45. The van der Waals surface area contributed by atoms with Crippen LogP contribution < -0.4 is 4.90 Å². The van der Waals surface area contributed by atoms with Crippen molar-refractivity contribution in [3.63, 3.8) is 0 Å². The van der Waals surface area contributed by atoms with E-state index in [9.17, 15) is 4.79 Å². The van der Waals surface area contributed by atoms with Gasteiger partial charge >= 0.3 is 0 Å². The molecule has 2 aromatic carbocycles. The van der Waals surface area contributed by atoms with Crippen molar-refractivity contribution in [1.29, 1.82) is 0 Å². The summed E-state index contributed by atoms with van der Waals surface area (Å²) >= 11 is 7.27. The zero-order chi connectivity index (χ0) is 12.5. The summed E-state index contributed by atoms with van der Waals surface area (Å²) in [4.78, 5) is 15.5. The van der Waals surface area contributed by atoms with Crippen LogP contribution in [-0.2, 0) is 4.79 Å². The Balaban J connectivity index is 2.14. The molecule has 18 heavy (non-hydrogen) atoms. The SMILES string of the molecule is O=C(Cl)CN1c2ccccc2Sc2ccccc21. The minimum atomic E-state index is -0.355. The van der Waals surface area contributed by atoms with Gasteiger partial charge in [0.25, 0.3) is 0 Å². The van der Waals surface area contributed by atoms with Gasteiger partial charge < -0.3 is 4.90 Å². The third kappa shape index (κ3) is 2.00. The number of para-hydroxylation sites is 2. The predicted molar refractivity (Wildman–Crippen MR) is 74.9 cm³/mol. The molecule has 4 heteroatoms. The molecule has 0 bridgehead atoms. The Labute approximate surface area is 115 Å². The molecule has 0 amide bonds. The van der Waals surface area contributed by atoms with Crippen LogP contribution in [0.15, 0.2) is 58.3 Å². The molecule has 0 saturated carbocycles. The van der Waals surface area contributed by atoms with Crippen LogP contribution >= 0.6 is 23.4 Å². The van der Waals surface area contributed by atoms with Crippen molar-refractivity contribution in [2.45, 2.75) is 9.79 Å². The maximum atomic E-state index is 11.2. The van der Waals surface area contributed by atoms with Crippen molar-refractivity contribution >= 4 is 40.0 Å². The van der Waals surface area contributed by atoms with Crippen LogP contribution in [0.2, 0.25) is 0 Å². The molecule has 0 radical (unpaired) electrons. The average Bonchev–Trinajstić information content (AvgIpc) is 2.38. The lowest BCUT2D eigenvalue weighted by Gasteiger charge is -2.31. The zero-order valence-corrected chi connectivity index (χ0v) is 11.0. The number of benzene rings is 2. The second-order valence-corrected chi connectivity index (χ2v) is 5.48. The summed E-state index contributed by atoms with van der Waals surface area (Å²) in [6.07, 6.45) is 0. The van der Waals surface area contributed by atoms with E-state index in [2.05, 4.69) is 12.1 Å². The third-order valence-corrected chi connectivity index (χ3v) is 4.06. The summed E-state index contributed by atoms with van der Waals surface area (Å²) in [7, 11) is 0. The molecular formula is C14H10ClNOS. The molecule has 0 saturated heterocycles. The van der Waals surface area contributed by atoms with Crippen LogP contribution in [0.25, 0.3) is 0 Å². The normalized spacial score (nSPS) is 12.8. The first-order valence-corrected chi connectivity index (χ1v) is 6.77. The van der Waals surface area contributed by atoms with Crippen molar-refractivity contribution in [3.8, 4) is 0 Å². The van der Waals surface area contributed by atoms with Gasteiger partial charge in [0.15, 0.2) is 0 Å². The lowest BCUT2D eigenvalue weighted by Crippen LogP contribution is -2.25. The standard InChI is InChI=1S/C14H10ClNOS/c15-14(17)9-16-10-5-1-3-7-12(10)18-13-8-4-2-6-11(13)16/h1-8H,9H2. The Morgan fingerprint density at radius 2 is 1.50 bits per heavy atom. The highest BCUT2D eigenvalue weighted by Crippen LogP contribution is 2.47. The number of hydrogen-bond acceptors (Lipinski definition) is 3. The molecule has 3 rings (SSSR count). The van der Waals surface area contributed by atoms with E-state index in [-0.39, 0.29) is 11.8 Å². The molecule has 90 valence electrons. The second kappa shape index (κ2) is 4.67. The van der Waals surface area contributed by atoms with Crippen molar-refractivity contribution < 1.29 is 4.79 Å². The van der Waals surface area contributed by atoms with Crippen LogP contribution in [-0.4, -0.2) is 11.8 Å². The first-order chi connectivity index (χ1) is 8.75. The fourth-order valence-corrected chi connectivity index (χ4v) is 3.29. The van der Waals surface area contributed by atoms with Crippen molar-refractivity contribution in [3.05, 3.63) is 48.5 Å².